The number of pyridine rings is 1. The van der Waals surface area contributed by atoms with E-state index < -0.39 is 5.97 Å². The monoisotopic (exact) mass is 293 g/mol. The van der Waals surface area contributed by atoms with E-state index in [2.05, 4.69) is 15.1 Å². The first-order valence-corrected chi connectivity index (χ1v) is 7.00. The molecule has 2 aromatic rings. The molecular weight excluding hydrogens is 278 g/mol. The van der Waals surface area contributed by atoms with E-state index in [1.165, 1.54) is 17.8 Å². The lowest BCUT2D eigenvalue weighted by atomic mass is 9.96. The Balaban J connectivity index is 2.10. The van der Waals surface area contributed by atoms with E-state index in [0.717, 1.165) is 0 Å². The van der Waals surface area contributed by atoms with Crippen molar-refractivity contribution in [1.29, 1.82) is 0 Å². The van der Waals surface area contributed by atoms with Gasteiger partial charge >= 0.3 is 5.97 Å². The van der Waals surface area contributed by atoms with Gasteiger partial charge in [0, 0.05) is 11.6 Å². The summed E-state index contributed by atoms with van der Waals surface area (Å²) < 4.78 is 5.16. The Hall–Kier alpha value is -1.89. The van der Waals surface area contributed by atoms with Gasteiger partial charge in [-0.1, -0.05) is 37.7 Å². The zero-order valence-corrected chi connectivity index (χ0v) is 12.3. The largest absolute Gasteiger partial charge is 0.478 e. The van der Waals surface area contributed by atoms with Gasteiger partial charge in [0.15, 0.2) is 5.82 Å². The molecular formula is C13H15N3O3S. The lowest BCUT2D eigenvalue weighted by molar-refractivity contribution is 0.0692. The molecule has 106 valence electrons. The third-order valence-electron chi connectivity index (χ3n) is 2.47. The number of thioether (sulfide) groups is 1. The topological polar surface area (TPSA) is 89.1 Å². The second kappa shape index (κ2) is 5.62. The van der Waals surface area contributed by atoms with Crippen LogP contribution >= 0.6 is 11.8 Å². The standard InChI is InChI=1S/C13H15N3O3S/c1-13(2,3)12-15-9(19-16-12)7-20-10-8(11(17)18)5-4-6-14-10/h4-6H,7H2,1-3H3,(H,17,18). The predicted molar refractivity (Wildman–Crippen MR) is 73.8 cm³/mol. The van der Waals surface area contributed by atoms with Gasteiger partial charge in [-0.05, 0) is 12.1 Å². The fourth-order valence-corrected chi connectivity index (χ4v) is 2.24. The van der Waals surface area contributed by atoms with Crippen molar-refractivity contribution in [3.8, 4) is 0 Å². The number of aromatic carboxylic acids is 1. The lowest BCUT2D eigenvalue weighted by Crippen LogP contribution is -2.13. The molecule has 0 saturated heterocycles. The van der Waals surface area contributed by atoms with Crippen LogP contribution in [0.1, 0.15) is 42.8 Å². The summed E-state index contributed by atoms with van der Waals surface area (Å²) in [6.45, 7) is 5.99. The van der Waals surface area contributed by atoms with Gasteiger partial charge in [0.1, 0.15) is 5.03 Å². The van der Waals surface area contributed by atoms with Crippen LogP contribution in [0.15, 0.2) is 27.9 Å². The second-order valence-corrected chi connectivity index (χ2v) is 6.18. The number of carbonyl (C=O) groups is 1. The number of carboxylic acids is 1. The second-order valence-electron chi connectivity index (χ2n) is 5.21. The first-order valence-electron chi connectivity index (χ1n) is 6.02. The maximum atomic E-state index is 11.1. The maximum Gasteiger partial charge on any atom is 0.338 e. The molecule has 2 rings (SSSR count). The van der Waals surface area contributed by atoms with Crippen molar-refractivity contribution < 1.29 is 14.4 Å². The molecule has 0 bridgehead atoms. The molecule has 1 N–H and O–H groups in total. The minimum absolute atomic E-state index is 0.174. The maximum absolute atomic E-state index is 11.1. The molecule has 0 fully saturated rings. The highest BCUT2D eigenvalue weighted by atomic mass is 32.2. The highest BCUT2D eigenvalue weighted by molar-refractivity contribution is 7.98. The van der Waals surface area contributed by atoms with Gasteiger partial charge in [-0.3, -0.25) is 0 Å². The van der Waals surface area contributed by atoms with E-state index >= 15 is 0 Å². The van der Waals surface area contributed by atoms with Crippen molar-refractivity contribution >= 4 is 17.7 Å². The third-order valence-corrected chi connectivity index (χ3v) is 3.46. The summed E-state index contributed by atoms with van der Waals surface area (Å²) in [5.41, 5.74) is -0.00282. The molecule has 0 saturated carbocycles. The Morgan fingerprint density at radius 3 is 2.80 bits per heavy atom. The van der Waals surface area contributed by atoms with Gasteiger partial charge in [-0.15, -0.1) is 0 Å². The van der Waals surface area contributed by atoms with Crippen LogP contribution in [0.2, 0.25) is 0 Å². The van der Waals surface area contributed by atoms with Crippen molar-refractivity contribution in [3.05, 3.63) is 35.6 Å². The summed E-state index contributed by atoms with van der Waals surface area (Å²) in [6, 6.07) is 3.12. The minimum atomic E-state index is -0.999. The molecule has 0 amide bonds. The quantitative estimate of drug-likeness (QED) is 0.867. The molecule has 0 aliphatic heterocycles. The van der Waals surface area contributed by atoms with E-state index in [9.17, 15) is 4.79 Å². The van der Waals surface area contributed by atoms with E-state index in [-0.39, 0.29) is 11.0 Å². The van der Waals surface area contributed by atoms with Crippen LogP contribution < -0.4 is 0 Å². The lowest BCUT2D eigenvalue weighted by Gasteiger charge is -2.10. The van der Waals surface area contributed by atoms with Crippen LogP contribution in [0.5, 0.6) is 0 Å². The van der Waals surface area contributed by atoms with Crippen molar-refractivity contribution in [2.75, 3.05) is 0 Å². The average Bonchev–Trinajstić information content (AvgIpc) is 2.85. The fraction of sp³-hybridized carbons (Fsp3) is 0.385. The van der Waals surface area contributed by atoms with Gasteiger partial charge in [-0.2, -0.15) is 4.98 Å². The van der Waals surface area contributed by atoms with Crippen LogP contribution in [0.25, 0.3) is 0 Å². The fourth-order valence-electron chi connectivity index (χ4n) is 1.42. The van der Waals surface area contributed by atoms with Crippen LogP contribution in [0.4, 0.5) is 0 Å². The molecule has 0 aromatic carbocycles. The van der Waals surface area contributed by atoms with Gasteiger partial charge in [0.25, 0.3) is 0 Å². The average molecular weight is 293 g/mol. The Morgan fingerprint density at radius 1 is 1.45 bits per heavy atom. The SMILES string of the molecule is CC(C)(C)c1noc(CSc2ncccc2C(=O)O)n1. The Kier molecular flexibility index (Phi) is 4.08. The molecule has 7 heteroatoms. The molecule has 0 spiro atoms. The van der Waals surface area contributed by atoms with E-state index in [1.807, 2.05) is 20.8 Å². The molecule has 0 unspecified atom stereocenters. The molecule has 6 nitrogen and oxygen atoms in total. The van der Waals surface area contributed by atoms with Gasteiger partial charge in [0.05, 0.1) is 11.3 Å². The van der Waals surface area contributed by atoms with Crippen molar-refractivity contribution in [1.82, 2.24) is 15.1 Å². The Morgan fingerprint density at radius 2 is 2.20 bits per heavy atom. The van der Waals surface area contributed by atoms with Gasteiger partial charge in [-0.25, -0.2) is 9.78 Å². The van der Waals surface area contributed by atoms with Crippen LogP contribution in [-0.4, -0.2) is 26.2 Å². The number of nitrogens with zero attached hydrogens (tertiary/aromatic N) is 3. The molecule has 2 heterocycles. The molecule has 0 radical (unpaired) electrons. The zero-order valence-electron chi connectivity index (χ0n) is 11.5. The van der Waals surface area contributed by atoms with Crippen molar-refractivity contribution in [3.63, 3.8) is 0 Å². The van der Waals surface area contributed by atoms with Crippen molar-refractivity contribution in [2.45, 2.75) is 37.0 Å². The van der Waals surface area contributed by atoms with Gasteiger partial charge < -0.3 is 9.63 Å². The summed E-state index contributed by atoms with van der Waals surface area (Å²) in [5, 5.41) is 13.4. The summed E-state index contributed by atoms with van der Waals surface area (Å²) >= 11 is 1.26. The molecule has 20 heavy (non-hydrogen) atoms. The normalized spacial score (nSPS) is 11.6. The number of carboxylic acid groups (broad SMARTS) is 1. The first-order chi connectivity index (χ1) is 9.38. The van der Waals surface area contributed by atoms with Crippen LogP contribution in [0, 0.1) is 0 Å². The number of rotatable bonds is 4. The molecule has 2 aromatic heterocycles. The smallest absolute Gasteiger partial charge is 0.338 e. The van der Waals surface area contributed by atoms with Gasteiger partial charge in [0.2, 0.25) is 5.89 Å². The number of hydrogen-bond acceptors (Lipinski definition) is 6. The summed E-state index contributed by atoms with van der Waals surface area (Å²) in [5.74, 6) is 0.483. The first kappa shape index (κ1) is 14.5. The van der Waals surface area contributed by atoms with E-state index in [0.29, 0.717) is 22.5 Å². The number of aromatic nitrogens is 3. The van der Waals surface area contributed by atoms with Crippen LogP contribution in [-0.2, 0) is 11.2 Å². The van der Waals surface area contributed by atoms with Crippen LogP contribution in [0.3, 0.4) is 0 Å². The zero-order chi connectivity index (χ0) is 14.8. The number of hydrogen-bond donors (Lipinski definition) is 1. The summed E-state index contributed by atoms with van der Waals surface area (Å²) in [4.78, 5) is 19.4. The van der Waals surface area contributed by atoms with E-state index in [4.69, 9.17) is 9.63 Å². The predicted octanol–water partition coefficient (Wildman–Crippen LogP) is 2.75. The summed E-state index contributed by atoms with van der Waals surface area (Å²) in [6.07, 6.45) is 1.56. The molecule has 0 aliphatic carbocycles. The van der Waals surface area contributed by atoms with Crippen molar-refractivity contribution in [2.24, 2.45) is 0 Å². The summed E-state index contributed by atoms with van der Waals surface area (Å²) in [7, 11) is 0. The highest BCUT2D eigenvalue weighted by Gasteiger charge is 2.21. The minimum Gasteiger partial charge on any atom is -0.478 e. The Labute approximate surface area is 120 Å². The molecule has 0 atom stereocenters. The third kappa shape index (κ3) is 3.36. The molecule has 0 aliphatic rings. The highest BCUT2D eigenvalue weighted by Crippen LogP contribution is 2.25. The Bertz CT molecular complexity index is 619. The van der Waals surface area contributed by atoms with E-state index in [1.54, 1.807) is 12.3 Å².